The molecule has 1 heterocycles. The van der Waals surface area contributed by atoms with E-state index in [1.165, 1.54) is 6.07 Å². The highest BCUT2D eigenvalue weighted by Crippen LogP contribution is 2.49. The Bertz CT molecular complexity index is 1250. The topological polar surface area (TPSA) is 125 Å². The summed E-state index contributed by atoms with van der Waals surface area (Å²) in [5.74, 6) is -0.817. The van der Waals surface area contributed by atoms with Crippen molar-refractivity contribution < 1.29 is 27.4 Å². The molecule has 0 aliphatic heterocycles. The Morgan fingerprint density at radius 1 is 1.32 bits per heavy atom. The summed E-state index contributed by atoms with van der Waals surface area (Å²) in [6.07, 6.45) is 0.378. The standard InChI is InChI=1S/C19H18BrClFN3O5S/c20-10-1-2-13(12(21)5-10)24-17-14(6-15-18(16(17)22)23-9-30-15)25-31(28,29)19(3-4-19)7-11(27)8-26/h1-2,5-6,9,11,24-27H,3-4,7-8H2. The number of sulfonamides is 1. The van der Waals surface area contributed by atoms with E-state index < -0.39 is 33.3 Å². The maximum absolute atomic E-state index is 15.3. The number of oxazole rings is 1. The zero-order chi connectivity index (χ0) is 22.4. The molecule has 4 rings (SSSR count). The van der Waals surface area contributed by atoms with E-state index >= 15 is 4.39 Å². The molecule has 1 aliphatic carbocycles. The fraction of sp³-hybridized carbons (Fsp3) is 0.316. The second-order valence-corrected chi connectivity index (χ2v) is 10.8. The summed E-state index contributed by atoms with van der Waals surface area (Å²) in [5, 5.41) is 22.0. The van der Waals surface area contributed by atoms with Gasteiger partial charge in [0.2, 0.25) is 10.0 Å². The van der Waals surface area contributed by atoms with Crippen LogP contribution in [0, 0.1) is 5.82 Å². The van der Waals surface area contributed by atoms with Gasteiger partial charge in [-0.2, -0.15) is 0 Å². The van der Waals surface area contributed by atoms with E-state index in [1.54, 1.807) is 18.2 Å². The third-order valence-electron chi connectivity index (χ3n) is 5.20. The lowest BCUT2D eigenvalue weighted by molar-refractivity contribution is 0.0858. The van der Waals surface area contributed by atoms with E-state index in [9.17, 15) is 13.5 Å². The molecule has 2 aromatic carbocycles. The summed E-state index contributed by atoms with van der Waals surface area (Å²) < 4.78 is 48.5. The molecular weight excluding hydrogens is 517 g/mol. The number of anilines is 3. The van der Waals surface area contributed by atoms with Gasteiger partial charge < -0.3 is 19.9 Å². The summed E-state index contributed by atoms with van der Waals surface area (Å²) >= 11 is 9.52. The van der Waals surface area contributed by atoms with Crippen LogP contribution in [0.1, 0.15) is 19.3 Å². The van der Waals surface area contributed by atoms with Gasteiger partial charge >= 0.3 is 0 Å². The average Bonchev–Trinajstić information content (AvgIpc) is 3.35. The minimum Gasteiger partial charge on any atom is -0.443 e. The number of aliphatic hydroxyl groups excluding tert-OH is 2. The number of nitrogens with one attached hydrogen (secondary N) is 2. The SMILES string of the molecule is O=S(=O)(Nc1cc2ocnc2c(F)c1Nc1ccc(Br)cc1Cl)C1(CC(O)CO)CC1. The molecule has 4 N–H and O–H groups in total. The quantitative estimate of drug-likeness (QED) is 0.342. The van der Waals surface area contributed by atoms with Gasteiger partial charge in [0.1, 0.15) is 11.2 Å². The highest BCUT2D eigenvalue weighted by atomic mass is 79.9. The monoisotopic (exact) mass is 533 g/mol. The van der Waals surface area contributed by atoms with Crippen LogP contribution in [-0.2, 0) is 10.0 Å². The van der Waals surface area contributed by atoms with Gasteiger partial charge in [-0.3, -0.25) is 4.72 Å². The molecule has 0 saturated heterocycles. The van der Waals surface area contributed by atoms with Crippen molar-refractivity contribution in [1.82, 2.24) is 4.98 Å². The summed E-state index contributed by atoms with van der Waals surface area (Å²) in [4.78, 5) is 3.85. The van der Waals surface area contributed by atoms with E-state index in [2.05, 4.69) is 31.0 Å². The first kappa shape index (κ1) is 22.3. The molecule has 3 aromatic rings. The highest BCUT2D eigenvalue weighted by Gasteiger charge is 2.55. The number of hydrogen-bond acceptors (Lipinski definition) is 7. The Labute approximate surface area is 190 Å². The average molecular weight is 535 g/mol. The normalized spacial score (nSPS) is 16.3. The van der Waals surface area contributed by atoms with Gasteiger partial charge in [0.15, 0.2) is 17.8 Å². The molecule has 1 unspecified atom stereocenters. The van der Waals surface area contributed by atoms with Crippen LogP contribution in [0.25, 0.3) is 11.1 Å². The largest absolute Gasteiger partial charge is 0.443 e. The third-order valence-corrected chi connectivity index (χ3v) is 8.21. The molecule has 1 fully saturated rings. The molecule has 0 bridgehead atoms. The van der Waals surface area contributed by atoms with E-state index in [0.717, 1.165) is 10.9 Å². The van der Waals surface area contributed by atoms with Crippen molar-refractivity contribution in [2.45, 2.75) is 30.1 Å². The lowest BCUT2D eigenvalue weighted by Crippen LogP contribution is -2.34. The minimum absolute atomic E-state index is 0.0582. The molecule has 1 atom stereocenters. The number of aromatic nitrogens is 1. The molecule has 1 saturated carbocycles. The van der Waals surface area contributed by atoms with Crippen molar-refractivity contribution >= 4 is 65.7 Å². The number of fused-ring (bicyclic) bond motifs is 1. The predicted octanol–water partition coefficient (Wildman–Crippen LogP) is 4.14. The second-order valence-electron chi connectivity index (χ2n) is 7.39. The number of benzene rings is 2. The molecule has 0 spiro atoms. The van der Waals surface area contributed by atoms with Gasteiger partial charge in [0.25, 0.3) is 0 Å². The van der Waals surface area contributed by atoms with Gasteiger partial charge in [0, 0.05) is 10.5 Å². The molecule has 1 aliphatic rings. The van der Waals surface area contributed by atoms with Crippen molar-refractivity contribution in [2.75, 3.05) is 16.6 Å². The number of aliphatic hydroxyl groups is 2. The third kappa shape index (κ3) is 4.24. The molecule has 0 radical (unpaired) electrons. The van der Waals surface area contributed by atoms with Crippen LogP contribution >= 0.6 is 27.5 Å². The highest BCUT2D eigenvalue weighted by molar-refractivity contribution is 9.10. The Morgan fingerprint density at radius 2 is 2.06 bits per heavy atom. The first-order valence-electron chi connectivity index (χ1n) is 9.25. The van der Waals surface area contributed by atoms with Crippen LogP contribution in [0.15, 0.2) is 39.5 Å². The summed E-state index contributed by atoms with van der Waals surface area (Å²) in [6.45, 7) is -0.551. The minimum atomic E-state index is -4.04. The Morgan fingerprint density at radius 3 is 2.71 bits per heavy atom. The number of nitrogens with zero attached hydrogens (tertiary/aromatic N) is 1. The number of rotatable bonds is 8. The van der Waals surface area contributed by atoms with Crippen molar-refractivity contribution in [1.29, 1.82) is 0 Å². The molecular formula is C19H18BrClFN3O5S. The van der Waals surface area contributed by atoms with Gasteiger partial charge in [-0.1, -0.05) is 27.5 Å². The molecule has 31 heavy (non-hydrogen) atoms. The molecule has 0 amide bonds. The maximum Gasteiger partial charge on any atom is 0.238 e. The zero-order valence-corrected chi connectivity index (χ0v) is 19.1. The lowest BCUT2D eigenvalue weighted by atomic mass is 10.2. The van der Waals surface area contributed by atoms with Crippen LogP contribution in [0.5, 0.6) is 0 Å². The lowest BCUT2D eigenvalue weighted by Gasteiger charge is -2.22. The number of halogens is 3. The van der Waals surface area contributed by atoms with Crippen LogP contribution in [0.2, 0.25) is 5.02 Å². The van der Waals surface area contributed by atoms with Crippen LogP contribution in [0.3, 0.4) is 0 Å². The van der Waals surface area contributed by atoms with Crippen molar-refractivity contribution in [3.63, 3.8) is 0 Å². The van der Waals surface area contributed by atoms with E-state index in [-0.39, 0.29) is 33.9 Å². The van der Waals surface area contributed by atoms with Crippen LogP contribution in [0.4, 0.5) is 21.5 Å². The Hall–Kier alpha value is -1.92. The Balaban J connectivity index is 1.76. The van der Waals surface area contributed by atoms with Gasteiger partial charge in [0.05, 0.1) is 33.9 Å². The fourth-order valence-corrected chi connectivity index (χ4v) is 5.80. The van der Waals surface area contributed by atoms with Crippen LogP contribution in [-0.4, -0.2) is 41.1 Å². The van der Waals surface area contributed by atoms with Crippen LogP contribution < -0.4 is 10.0 Å². The number of hydrogen-bond donors (Lipinski definition) is 4. The summed E-state index contributed by atoms with van der Waals surface area (Å²) in [6, 6.07) is 6.24. The van der Waals surface area contributed by atoms with Crippen molar-refractivity contribution in [2.24, 2.45) is 0 Å². The molecule has 1 aromatic heterocycles. The second kappa shape index (κ2) is 8.21. The smallest absolute Gasteiger partial charge is 0.238 e. The van der Waals surface area contributed by atoms with E-state index in [0.29, 0.717) is 18.5 Å². The van der Waals surface area contributed by atoms with E-state index in [1.807, 2.05) is 0 Å². The van der Waals surface area contributed by atoms with Gasteiger partial charge in [-0.25, -0.2) is 17.8 Å². The first-order valence-corrected chi connectivity index (χ1v) is 11.9. The first-order chi connectivity index (χ1) is 14.7. The Kier molecular flexibility index (Phi) is 5.90. The fourth-order valence-electron chi connectivity index (χ4n) is 3.36. The predicted molar refractivity (Wildman–Crippen MR) is 119 cm³/mol. The molecule has 8 nitrogen and oxygen atoms in total. The van der Waals surface area contributed by atoms with Crippen molar-refractivity contribution in [3.05, 3.63) is 46.0 Å². The zero-order valence-electron chi connectivity index (χ0n) is 15.9. The summed E-state index contributed by atoms with van der Waals surface area (Å²) in [5.41, 5.74) is 0.0699. The molecule has 12 heteroatoms. The maximum atomic E-state index is 15.3. The van der Waals surface area contributed by atoms with E-state index in [4.69, 9.17) is 21.1 Å². The molecule has 166 valence electrons. The summed E-state index contributed by atoms with van der Waals surface area (Å²) in [7, 11) is -4.04. The van der Waals surface area contributed by atoms with Gasteiger partial charge in [-0.05, 0) is 37.5 Å². The van der Waals surface area contributed by atoms with Crippen molar-refractivity contribution in [3.8, 4) is 0 Å². The van der Waals surface area contributed by atoms with Gasteiger partial charge in [-0.15, -0.1) is 0 Å².